The molecule has 0 aliphatic carbocycles. The van der Waals surface area contributed by atoms with Crippen LogP contribution in [0.2, 0.25) is 32.7 Å². The fourth-order valence-electron chi connectivity index (χ4n) is 5.36. The Morgan fingerprint density at radius 2 is 0.944 bits per heavy atom. The van der Waals surface area contributed by atoms with Crippen LogP contribution in [0.3, 0.4) is 0 Å². The van der Waals surface area contributed by atoms with Gasteiger partial charge >= 0.3 is 0 Å². The van der Waals surface area contributed by atoms with Gasteiger partial charge in [0, 0.05) is 30.5 Å². The summed E-state index contributed by atoms with van der Waals surface area (Å²) < 4.78 is 0. The Morgan fingerprint density at radius 1 is 0.583 bits per heavy atom. The van der Waals surface area contributed by atoms with Crippen LogP contribution in [-0.4, -0.2) is 21.9 Å². The first-order chi connectivity index (χ1) is 16.6. The molecule has 198 valence electrons. The molecule has 0 bridgehead atoms. The van der Waals surface area contributed by atoms with Crippen molar-refractivity contribution < 1.29 is 0 Å². The second-order valence-corrected chi connectivity index (χ2v) is 30.1. The average molecular weight is 521 g/mol. The number of para-hydroxylation sites is 2. The highest BCUT2D eigenvalue weighted by molar-refractivity contribution is 7.43. The molecule has 1 heterocycles. The van der Waals surface area contributed by atoms with E-state index in [-0.39, 0.29) is 0 Å². The van der Waals surface area contributed by atoms with Crippen molar-refractivity contribution in [3.05, 3.63) is 70.2 Å². The molecule has 0 spiro atoms. The van der Waals surface area contributed by atoms with Gasteiger partial charge in [0.2, 0.25) is 0 Å². The maximum absolute atomic E-state index is 2.76. The Hall–Kier alpha value is -1.79. The molecule has 0 radical (unpaired) electrons. The van der Waals surface area contributed by atoms with E-state index in [9.17, 15) is 0 Å². The Labute approximate surface area is 224 Å². The fraction of sp³-hybridized carbons (Fsp3) is 0.562. The van der Waals surface area contributed by atoms with Crippen LogP contribution in [0.5, 0.6) is 0 Å². The van der Waals surface area contributed by atoms with Gasteiger partial charge in [0.25, 0.3) is 0 Å². The first-order valence-corrected chi connectivity index (χ1v) is 21.6. The molecule has 2 aromatic rings. The fourth-order valence-corrected chi connectivity index (χ4v) is 10.4. The molecule has 0 saturated carbocycles. The second kappa shape index (κ2) is 10.5. The predicted octanol–water partition coefficient (Wildman–Crippen LogP) is 9.97. The van der Waals surface area contributed by atoms with E-state index >= 15 is 0 Å². The van der Waals surface area contributed by atoms with E-state index in [1.165, 1.54) is 33.6 Å². The van der Waals surface area contributed by atoms with Crippen LogP contribution >= 0.6 is 0 Å². The number of rotatable bonds is 8. The lowest BCUT2D eigenvalue weighted by Crippen LogP contribution is -2.57. The average Bonchev–Trinajstić information content (AvgIpc) is 3.22. The van der Waals surface area contributed by atoms with Gasteiger partial charge in [0.15, 0.2) is 0 Å². The van der Waals surface area contributed by atoms with Gasteiger partial charge in [-0.3, -0.25) is 0 Å². The van der Waals surface area contributed by atoms with Gasteiger partial charge in [-0.2, -0.15) is 0 Å². The van der Waals surface area contributed by atoms with Crippen molar-refractivity contribution in [2.45, 2.75) is 112 Å². The van der Waals surface area contributed by atoms with E-state index < -0.39 is 15.2 Å². The van der Waals surface area contributed by atoms with Crippen molar-refractivity contribution in [3.63, 3.8) is 0 Å². The zero-order valence-corrected chi connectivity index (χ0v) is 27.5. The van der Waals surface area contributed by atoms with Gasteiger partial charge in [0.05, 0.1) is 14.3 Å². The summed E-state index contributed by atoms with van der Waals surface area (Å²) in [6.45, 7) is 32.7. The number of nitrogens with zero attached hydrogens (tertiary/aromatic N) is 2. The van der Waals surface area contributed by atoms with Gasteiger partial charge in [0.1, 0.15) is 0 Å². The minimum Gasteiger partial charge on any atom is -0.329 e. The molecule has 2 nitrogen and oxygen atoms in total. The minimum atomic E-state index is -1.71. The third kappa shape index (κ3) is 5.26. The number of benzene rings is 2. The van der Waals surface area contributed by atoms with Gasteiger partial charge in [-0.05, 0) is 45.9 Å². The SMILES string of the molecule is CC(C)c1cccc(C(C)C)c1N1C=C([Si](C)(C)[Si](C)(C)C)N(c2c(C(C)C)cccc2C(C)C)C1. The third-order valence-electron chi connectivity index (χ3n) is 8.62. The van der Waals surface area contributed by atoms with Crippen LogP contribution in [0.15, 0.2) is 47.9 Å². The lowest BCUT2D eigenvalue weighted by atomic mass is 9.91. The van der Waals surface area contributed by atoms with Crippen LogP contribution in [0, 0.1) is 0 Å². The Kier molecular flexibility index (Phi) is 8.42. The highest BCUT2D eigenvalue weighted by Crippen LogP contribution is 2.45. The van der Waals surface area contributed by atoms with E-state index in [2.05, 4.69) is 141 Å². The van der Waals surface area contributed by atoms with Crippen molar-refractivity contribution in [2.24, 2.45) is 0 Å². The molecule has 4 heteroatoms. The normalized spacial score (nSPS) is 15.2. The first kappa shape index (κ1) is 28.8. The Balaban J connectivity index is 2.34. The number of anilines is 2. The van der Waals surface area contributed by atoms with E-state index in [1.54, 1.807) is 5.32 Å². The van der Waals surface area contributed by atoms with Crippen LogP contribution in [0.25, 0.3) is 0 Å². The zero-order chi connectivity index (χ0) is 27.2. The summed E-state index contributed by atoms with van der Waals surface area (Å²) in [7, 11) is -3.13. The number of hydrogen-bond donors (Lipinski definition) is 0. The summed E-state index contributed by atoms with van der Waals surface area (Å²) >= 11 is 0. The molecule has 36 heavy (non-hydrogen) atoms. The molecule has 0 unspecified atom stereocenters. The first-order valence-electron chi connectivity index (χ1n) is 14.1. The van der Waals surface area contributed by atoms with Crippen molar-refractivity contribution in [1.29, 1.82) is 0 Å². The molecular weight excluding hydrogens is 469 g/mol. The van der Waals surface area contributed by atoms with Gasteiger partial charge in [-0.25, -0.2) is 0 Å². The van der Waals surface area contributed by atoms with E-state index in [1.807, 2.05) is 0 Å². The highest BCUT2D eigenvalue weighted by Gasteiger charge is 2.46. The van der Waals surface area contributed by atoms with E-state index in [0.717, 1.165) is 6.67 Å². The van der Waals surface area contributed by atoms with Crippen molar-refractivity contribution in [1.82, 2.24) is 0 Å². The van der Waals surface area contributed by atoms with Crippen molar-refractivity contribution in [3.8, 4) is 0 Å². The third-order valence-corrected chi connectivity index (χ3v) is 26.1. The van der Waals surface area contributed by atoms with Crippen LogP contribution in [0.1, 0.15) is 101 Å². The molecule has 1 aliphatic heterocycles. The highest BCUT2D eigenvalue weighted by atomic mass is 29.3. The molecule has 2 aromatic carbocycles. The smallest absolute Gasteiger partial charge is 0.0988 e. The lowest BCUT2D eigenvalue weighted by molar-refractivity contribution is 0.801. The Bertz CT molecular complexity index is 1050. The molecule has 0 saturated heterocycles. The summed E-state index contributed by atoms with van der Waals surface area (Å²) in [5.74, 6) is 1.95. The lowest BCUT2D eigenvalue weighted by Gasteiger charge is -2.41. The Morgan fingerprint density at radius 3 is 1.28 bits per heavy atom. The van der Waals surface area contributed by atoms with Gasteiger partial charge < -0.3 is 9.80 Å². The zero-order valence-electron chi connectivity index (χ0n) is 25.5. The van der Waals surface area contributed by atoms with Crippen molar-refractivity contribution >= 4 is 26.6 Å². The molecular formula is C32H52N2Si2. The molecule has 3 rings (SSSR count). The quantitative estimate of drug-likeness (QED) is 0.319. The summed E-state index contributed by atoms with van der Waals surface area (Å²) in [4.78, 5) is 5.38. The number of hydrogen-bond acceptors (Lipinski definition) is 2. The standard InChI is InChI=1S/C32H52N2Si2/c1-22(2)26-16-14-17-27(23(3)4)31(26)33-20-30(36(12,13)35(9,10)11)34(21-33)32-28(24(5)6)18-15-19-29(32)25(7)8/h14-20,22-25H,21H2,1-13H3. The molecule has 0 amide bonds. The summed E-state index contributed by atoms with van der Waals surface area (Å²) in [5, 5.41) is 1.62. The van der Waals surface area contributed by atoms with Crippen molar-refractivity contribution in [2.75, 3.05) is 16.5 Å². The van der Waals surface area contributed by atoms with Gasteiger partial charge in [-0.1, -0.05) is 125 Å². The molecule has 0 fully saturated rings. The van der Waals surface area contributed by atoms with Crippen LogP contribution < -0.4 is 9.80 Å². The molecule has 0 atom stereocenters. The maximum atomic E-state index is 2.76. The molecule has 1 aliphatic rings. The van der Waals surface area contributed by atoms with Crippen LogP contribution in [-0.2, 0) is 0 Å². The largest absolute Gasteiger partial charge is 0.329 e. The monoisotopic (exact) mass is 520 g/mol. The summed E-state index contributed by atoms with van der Waals surface area (Å²) in [5.41, 5.74) is 8.81. The summed E-state index contributed by atoms with van der Waals surface area (Å²) in [6.07, 6.45) is 2.58. The molecule has 0 N–H and O–H groups in total. The minimum absolute atomic E-state index is 0.486. The summed E-state index contributed by atoms with van der Waals surface area (Å²) in [6, 6.07) is 14.0. The van der Waals surface area contributed by atoms with E-state index in [0.29, 0.717) is 23.7 Å². The maximum Gasteiger partial charge on any atom is 0.0988 e. The van der Waals surface area contributed by atoms with Crippen LogP contribution in [0.4, 0.5) is 11.4 Å². The predicted molar refractivity (Wildman–Crippen MR) is 168 cm³/mol. The van der Waals surface area contributed by atoms with E-state index in [4.69, 9.17) is 0 Å². The van der Waals surface area contributed by atoms with Gasteiger partial charge in [-0.15, -0.1) is 0 Å². The second-order valence-electron chi connectivity index (χ2n) is 13.6. The molecule has 0 aromatic heterocycles. The topological polar surface area (TPSA) is 6.48 Å².